The topological polar surface area (TPSA) is 24.9 Å². The van der Waals surface area contributed by atoms with E-state index < -0.39 is 0 Å². The number of methoxy groups -OCH3 is 2. The maximum atomic E-state index is 6.15. The van der Waals surface area contributed by atoms with Gasteiger partial charge in [0.15, 0.2) is 11.5 Å². The van der Waals surface area contributed by atoms with E-state index in [1.54, 1.807) is 20.3 Å². The smallest absolute Gasteiger partial charge is 0.163 e. The Morgan fingerprint density at radius 2 is 1.81 bits per heavy atom. The molecule has 1 aromatic rings. The van der Waals surface area contributed by atoms with Crippen LogP contribution in [0.15, 0.2) is 12.1 Å². The average molecular weight is 313 g/mol. The molecule has 1 aromatic carbocycles. The summed E-state index contributed by atoms with van der Waals surface area (Å²) in [5.41, 5.74) is 1.12. The summed E-state index contributed by atoms with van der Waals surface area (Å²) >= 11 is 6.15. The number of halogens is 1. The van der Waals surface area contributed by atoms with Crippen molar-refractivity contribution in [1.29, 1.82) is 0 Å². The van der Waals surface area contributed by atoms with E-state index >= 15 is 0 Å². The van der Waals surface area contributed by atoms with Gasteiger partial charge in [-0.25, -0.2) is 0 Å². The molecule has 118 valence electrons. The van der Waals surface area contributed by atoms with E-state index in [4.69, 9.17) is 21.1 Å². The number of aryl methyl sites for hydroxylation is 1. The number of likely N-dealkylation sites (N-methyl/N-ethyl adjacent to an activating group) is 1. The third-order valence-corrected chi connectivity index (χ3v) is 4.26. The minimum atomic E-state index is 0.697. The van der Waals surface area contributed by atoms with Crippen molar-refractivity contribution in [2.75, 3.05) is 54.0 Å². The van der Waals surface area contributed by atoms with Gasteiger partial charge in [0.2, 0.25) is 0 Å². The first-order chi connectivity index (χ1) is 10.1. The van der Waals surface area contributed by atoms with Gasteiger partial charge >= 0.3 is 0 Å². The van der Waals surface area contributed by atoms with Crippen molar-refractivity contribution in [2.24, 2.45) is 0 Å². The maximum absolute atomic E-state index is 6.15. The van der Waals surface area contributed by atoms with Crippen LogP contribution in [-0.4, -0.2) is 63.8 Å². The summed E-state index contributed by atoms with van der Waals surface area (Å²) in [5, 5.41) is 0.697. The zero-order chi connectivity index (χ0) is 15.2. The molecule has 0 N–H and O–H groups in total. The van der Waals surface area contributed by atoms with Crippen LogP contribution in [-0.2, 0) is 6.42 Å². The van der Waals surface area contributed by atoms with Gasteiger partial charge in [-0.1, -0.05) is 11.6 Å². The quantitative estimate of drug-likeness (QED) is 0.806. The first kappa shape index (κ1) is 16.4. The second kappa shape index (κ2) is 7.87. The van der Waals surface area contributed by atoms with Gasteiger partial charge in [0, 0.05) is 37.3 Å². The van der Waals surface area contributed by atoms with E-state index in [0.29, 0.717) is 10.8 Å². The average Bonchev–Trinajstić information content (AvgIpc) is 2.48. The molecule has 5 heteroatoms. The molecule has 1 aliphatic heterocycles. The summed E-state index contributed by atoms with van der Waals surface area (Å²) in [4.78, 5) is 4.90. The van der Waals surface area contributed by atoms with Gasteiger partial charge in [-0.05, 0) is 38.1 Å². The summed E-state index contributed by atoms with van der Waals surface area (Å²) in [5.74, 6) is 1.51. The van der Waals surface area contributed by atoms with E-state index in [0.717, 1.165) is 56.9 Å². The second-order valence-corrected chi connectivity index (χ2v) is 5.99. The van der Waals surface area contributed by atoms with Gasteiger partial charge in [-0.15, -0.1) is 0 Å². The Bertz CT molecular complexity index is 460. The molecule has 0 aromatic heterocycles. The van der Waals surface area contributed by atoms with Crippen LogP contribution in [0.5, 0.6) is 11.5 Å². The van der Waals surface area contributed by atoms with Crippen LogP contribution in [0.2, 0.25) is 5.02 Å². The van der Waals surface area contributed by atoms with E-state index in [1.807, 2.05) is 6.07 Å². The Labute approximate surface area is 132 Å². The number of benzene rings is 1. The van der Waals surface area contributed by atoms with E-state index in [2.05, 4.69) is 16.8 Å². The predicted octanol–water partition coefficient (Wildman–Crippen LogP) is 2.54. The van der Waals surface area contributed by atoms with Crippen LogP contribution in [0.4, 0.5) is 0 Å². The molecule has 0 saturated carbocycles. The number of nitrogens with zero attached hydrogens (tertiary/aromatic N) is 2. The molecule has 0 unspecified atom stereocenters. The molecular formula is C16H25ClN2O2. The first-order valence-corrected chi connectivity index (χ1v) is 7.83. The van der Waals surface area contributed by atoms with E-state index in [1.165, 1.54) is 0 Å². The van der Waals surface area contributed by atoms with Crippen LogP contribution < -0.4 is 9.47 Å². The SMILES string of the molecule is COc1cc(Cl)cc(CCCN2CCN(C)CC2)c1OC. The van der Waals surface area contributed by atoms with Gasteiger partial charge < -0.3 is 19.3 Å². The van der Waals surface area contributed by atoms with Crippen molar-refractivity contribution >= 4 is 11.6 Å². The minimum absolute atomic E-state index is 0.697. The van der Waals surface area contributed by atoms with Crippen molar-refractivity contribution in [3.63, 3.8) is 0 Å². The van der Waals surface area contributed by atoms with Crippen LogP contribution in [0.3, 0.4) is 0 Å². The molecule has 2 rings (SSSR count). The molecule has 21 heavy (non-hydrogen) atoms. The van der Waals surface area contributed by atoms with Crippen molar-refractivity contribution in [3.05, 3.63) is 22.7 Å². The fraction of sp³-hybridized carbons (Fsp3) is 0.625. The summed E-state index contributed by atoms with van der Waals surface area (Å²) in [6, 6.07) is 3.78. The van der Waals surface area contributed by atoms with Crippen molar-refractivity contribution in [3.8, 4) is 11.5 Å². The molecule has 0 spiro atoms. The first-order valence-electron chi connectivity index (χ1n) is 7.45. The molecule has 4 nitrogen and oxygen atoms in total. The Balaban J connectivity index is 1.92. The van der Waals surface area contributed by atoms with Crippen LogP contribution in [0, 0.1) is 0 Å². The summed E-state index contributed by atoms with van der Waals surface area (Å²) in [7, 11) is 5.50. The number of hydrogen-bond donors (Lipinski definition) is 0. The zero-order valence-corrected chi connectivity index (χ0v) is 13.9. The maximum Gasteiger partial charge on any atom is 0.163 e. The Morgan fingerprint density at radius 3 is 2.43 bits per heavy atom. The Morgan fingerprint density at radius 1 is 1.10 bits per heavy atom. The van der Waals surface area contributed by atoms with Gasteiger partial charge in [-0.3, -0.25) is 0 Å². The van der Waals surface area contributed by atoms with E-state index in [9.17, 15) is 0 Å². The highest BCUT2D eigenvalue weighted by atomic mass is 35.5. The van der Waals surface area contributed by atoms with Crippen molar-refractivity contribution < 1.29 is 9.47 Å². The van der Waals surface area contributed by atoms with Crippen LogP contribution in [0.1, 0.15) is 12.0 Å². The molecule has 1 aliphatic rings. The lowest BCUT2D eigenvalue weighted by molar-refractivity contribution is 0.153. The summed E-state index contributed by atoms with van der Waals surface area (Å²) < 4.78 is 10.8. The molecule has 0 aliphatic carbocycles. The van der Waals surface area contributed by atoms with Crippen molar-refractivity contribution in [1.82, 2.24) is 9.80 Å². The zero-order valence-electron chi connectivity index (χ0n) is 13.2. The summed E-state index contributed by atoms with van der Waals surface area (Å²) in [6.07, 6.45) is 2.05. The minimum Gasteiger partial charge on any atom is -0.493 e. The lowest BCUT2D eigenvalue weighted by atomic mass is 10.1. The normalized spacial score (nSPS) is 17.0. The molecule has 0 radical (unpaired) electrons. The lowest BCUT2D eigenvalue weighted by Gasteiger charge is -2.32. The van der Waals surface area contributed by atoms with Crippen molar-refractivity contribution in [2.45, 2.75) is 12.8 Å². The standard InChI is InChI=1S/C16H25ClN2O2/c1-18-7-9-19(10-8-18)6-4-5-13-11-14(17)12-15(20-2)16(13)21-3/h11-12H,4-10H2,1-3H3. The van der Waals surface area contributed by atoms with Gasteiger partial charge in [-0.2, -0.15) is 0 Å². The fourth-order valence-corrected chi connectivity index (χ4v) is 2.99. The third kappa shape index (κ3) is 4.50. The van der Waals surface area contributed by atoms with Gasteiger partial charge in [0.1, 0.15) is 0 Å². The Kier molecular flexibility index (Phi) is 6.15. The highest BCUT2D eigenvalue weighted by Gasteiger charge is 2.15. The molecule has 0 atom stereocenters. The number of ether oxygens (including phenoxy) is 2. The van der Waals surface area contributed by atoms with Crippen LogP contribution >= 0.6 is 11.6 Å². The Hall–Kier alpha value is -0.970. The third-order valence-electron chi connectivity index (χ3n) is 4.04. The summed E-state index contributed by atoms with van der Waals surface area (Å²) in [6.45, 7) is 5.76. The molecule has 0 bridgehead atoms. The number of rotatable bonds is 6. The highest BCUT2D eigenvalue weighted by Crippen LogP contribution is 2.35. The highest BCUT2D eigenvalue weighted by molar-refractivity contribution is 6.30. The largest absolute Gasteiger partial charge is 0.493 e. The second-order valence-electron chi connectivity index (χ2n) is 5.55. The number of piperazine rings is 1. The molecule has 1 heterocycles. The van der Waals surface area contributed by atoms with Crippen LogP contribution in [0.25, 0.3) is 0 Å². The fourth-order valence-electron chi connectivity index (χ4n) is 2.76. The van der Waals surface area contributed by atoms with Gasteiger partial charge in [0.05, 0.1) is 14.2 Å². The van der Waals surface area contributed by atoms with E-state index in [-0.39, 0.29) is 0 Å². The predicted molar refractivity (Wildman–Crippen MR) is 86.8 cm³/mol. The van der Waals surface area contributed by atoms with Gasteiger partial charge in [0.25, 0.3) is 0 Å². The molecule has 1 saturated heterocycles. The molecule has 0 amide bonds. The number of hydrogen-bond acceptors (Lipinski definition) is 4. The molecular weight excluding hydrogens is 288 g/mol. The monoisotopic (exact) mass is 312 g/mol. The molecule has 1 fully saturated rings. The lowest BCUT2D eigenvalue weighted by Crippen LogP contribution is -2.44.